The molecule has 1 saturated carbocycles. The lowest BCUT2D eigenvalue weighted by atomic mass is 10.0. The maximum absolute atomic E-state index is 11.6. The summed E-state index contributed by atoms with van der Waals surface area (Å²) in [5.74, 6) is 1.57. The summed E-state index contributed by atoms with van der Waals surface area (Å²) in [5.41, 5.74) is 2.82. The number of hydrogen-bond donors (Lipinski definition) is 2. The van der Waals surface area contributed by atoms with E-state index in [9.17, 15) is 9.90 Å². The SMILES string of the molecule is O=C(CSCc1cscn1)NCC(O)C1CCCC1. The number of carbonyl (C=O) groups excluding carboxylic acids is 1. The number of aliphatic hydroxyl groups is 1. The van der Waals surface area contributed by atoms with Crippen LogP contribution in [-0.4, -0.2) is 34.4 Å². The third-order valence-electron chi connectivity index (χ3n) is 3.42. The van der Waals surface area contributed by atoms with Crippen LogP contribution >= 0.6 is 23.1 Å². The molecule has 19 heavy (non-hydrogen) atoms. The summed E-state index contributed by atoms with van der Waals surface area (Å²) < 4.78 is 0. The second-order valence-electron chi connectivity index (χ2n) is 4.89. The lowest BCUT2D eigenvalue weighted by Crippen LogP contribution is -2.36. The zero-order valence-electron chi connectivity index (χ0n) is 10.9. The van der Waals surface area contributed by atoms with Crippen LogP contribution in [0.2, 0.25) is 0 Å². The van der Waals surface area contributed by atoms with Gasteiger partial charge in [0.05, 0.1) is 23.1 Å². The number of thiazole rings is 1. The minimum atomic E-state index is -0.380. The molecule has 1 fully saturated rings. The average molecular weight is 300 g/mol. The number of nitrogens with zero attached hydrogens (tertiary/aromatic N) is 1. The molecule has 0 spiro atoms. The van der Waals surface area contributed by atoms with Crippen molar-refractivity contribution >= 4 is 29.0 Å². The Hall–Kier alpha value is -0.590. The minimum absolute atomic E-state index is 0.00252. The number of amides is 1. The smallest absolute Gasteiger partial charge is 0.230 e. The first kappa shape index (κ1) is 14.8. The third-order valence-corrected chi connectivity index (χ3v) is 5.02. The van der Waals surface area contributed by atoms with Crippen LogP contribution in [0.3, 0.4) is 0 Å². The number of rotatable bonds is 7. The monoisotopic (exact) mass is 300 g/mol. The van der Waals surface area contributed by atoms with Crippen LogP contribution in [0.4, 0.5) is 0 Å². The van der Waals surface area contributed by atoms with Crippen molar-refractivity contribution in [2.75, 3.05) is 12.3 Å². The molecule has 0 aliphatic heterocycles. The Kier molecular flexibility index (Phi) is 6.13. The zero-order valence-corrected chi connectivity index (χ0v) is 12.5. The fraction of sp³-hybridized carbons (Fsp3) is 0.692. The normalized spacial score (nSPS) is 17.5. The van der Waals surface area contributed by atoms with E-state index in [2.05, 4.69) is 10.3 Å². The van der Waals surface area contributed by atoms with Gasteiger partial charge in [0, 0.05) is 17.7 Å². The Bertz CT molecular complexity index is 378. The number of hydrogen-bond acceptors (Lipinski definition) is 5. The molecule has 1 aliphatic carbocycles. The number of thioether (sulfide) groups is 1. The Labute approximate surface area is 122 Å². The Balaban J connectivity index is 1.56. The van der Waals surface area contributed by atoms with Crippen molar-refractivity contribution in [2.24, 2.45) is 5.92 Å². The van der Waals surface area contributed by atoms with Crippen LogP contribution in [0.1, 0.15) is 31.4 Å². The van der Waals surface area contributed by atoms with Crippen molar-refractivity contribution in [3.63, 3.8) is 0 Å². The molecular weight excluding hydrogens is 280 g/mol. The summed E-state index contributed by atoms with van der Waals surface area (Å²) in [6.07, 6.45) is 4.22. The first-order valence-corrected chi connectivity index (χ1v) is 8.75. The highest BCUT2D eigenvalue weighted by Gasteiger charge is 2.23. The van der Waals surface area contributed by atoms with E-state index in [0.29, 0.717) is 18.2 Å². The van der Waals surface area contributed by atoms with Gasteiger partial charge < -0.3 is 10.4 Å². The number of aromatic nitrogens is 1. The van der Waals surface area contributed by atoms with Gasteiger partial charge in [0.15, 0.2) is 0 Å². The highest BCUT2D eigenvalue weighted by atomic mass is 32.2. The molecule has 1 aliphatic rings. The number of nitrogens with one attached hydrogen (secondary N) is 1. The molecule has 1 aromatic rings. The van der Waals surface area contributed by atoms with Gasteiger partial charge in [-0.15, -0.1) is 23.1 Å². The van der Waals surface area contributed by atoms with Gasteiger partial charge in [-0.25, -0.2) is 4.98 Å². The third kappa shape index (κ3) is 5.12. The van der Waals surface area contributed by atoms with Gasteiger partial charge >= 0.3 is 0 Å². The van der Waals surface area contributed by atoms with E-state index in [1.807, 2.05) is 5.38 Å². The van der Waals surface area contributed by atoms with Crippen LogP contribution in [-0.2, 0) is 10.5 Å². The zero-order chi connectivity index (χ0) is 13.5. The van der Waals surface area contributed by atoms with Gasteiger partial charge in [-0.3, -0.25) is 4.79 Å². The standard InChI is InChI=1S/C13H20N2O2S2/c16-12(10-3-1-2-4-10)5-14-13(17)8-18-6-11-7-19-9-15-11/h7,9-10,12,16H,1-6,8H2,(H,14,17). The minimum Gasteiger partial charge on any atom is -0.391 e. The molecule has 2 rings (SSSR count). The van der Waals surface area contributed by atoms with Crippen molar-refractivity contribution < 1.29 is 9.90 Å². The molecule has 1 atom stereocenters. The van der Waals surface area contributed by atoms with Crippen LogP contribution in [0.25, 0.3) is 0 Å². The predicted octanol–water partition coefficient (Wildman–Crippen LogP) is 2.04. The highest BCUT2D eigenvalue weighted by Crippen LogP contribution is 2.27. The number of aliphatic hydroxyl groups excluding tert-OH is 1. The van der Waals surface area contributed by atoms with Crippen LogP contribution in [0.15, 0.2) is 10.9 Å². The number of carbonyl (C=O) groups is 1. The molecule has 0 aromatic carbocycles. The van der Waals surface area contributed by atoms with E-state index in [0.717, 1.165) is 24.3 Å². The van der Waals surface area contributed by atoms with Crippen LogP contribution in [0.5, 0.6) is 0 Å². The van der Waals surface area contributed by atoms with E-state index in [1.54, 1.807) is 28.6 Å². The second kappa shape index (κ2) is 7.87. The van der Waals surface area contributed by atoms with Crippen molar-refractivity contribution in [3.05, 3.63) is 16.6 Å². The molecule has 6 heteroatoms. The fourth-order valence-corrected chi connectivity index (χ4v) is 3.76. The van der Waals surface area contributed by atoms with Crippen LogP contribution in [0, 0.1) is 5.92 Å². The fourth-order valence-electron chi connectivity index (χ4n) is 2.34. The molecule has 2 N–H and O–H groups in total. The predicted molar refractivity (Wildman–Crippen MR) is 79.3 cm³/mol. The quantitative estimate of drug-likeness (QED) is 0.809. The van der Waals surface area contributed by atoms with Crippen LogP contribution < -0.4 is 5.32 Å². The molecule has 1 unspecified atom stereocenters. The molecule has 0 bridgehead atoms. The Morgan fingerprint density at radius 3 is 3.05 bits per heavy atom. The molecular formula is C13H20N2O2S2. The summed E-state index contributed by atoms with van der Waals surface area (Å²) >= 11 is 3.12. The summed E-state index contributed by atoms with van der Waals surface area (Å²) in [5, 5.41) is 14.7. The average Bonchev–Trinajstić information content (AvgIpc) is 3.08. The van der Waals surface area contributed by atoms with E-state index in [-0.39, 0.29) is 12.0 Å². The van der Waals surface area contributed by atoms with Crippen molar-refractivity contribution in [3.8, 4) is 0 Å². The molecule has 1 amide bonds. The van der Waals surface area contributed by atoms with E-state index in [1.165, 1.54) is 12.8 Å². The first-order valence-electron chi connectivity index (χ1n) is 6.65. The molecule has 4 nitrogen and oxygen atoms in total. The molecule has 0 saturated heterocycles. The van der Waals surface area contributed by atoms with Crippen molar-refractivity contribution in [1.82, 2.24) is 10.3 Å². The van der Waals surface area contributed by atoms with E-state index >= 15 is 0 Å². The van der Waals surface area contributed by atoms with E-state index in [4.69, 9.17) is 0 Å². The van der Waals surface area contributed by atoms with Crippen molar-refractivity contribution in [2.45, 2.75) is 37.5 Å². The van der Waals surface area contributed by atoms with Gasteiger partial charge in [0.25, 0.3) is 0 Å². The highest BCUT2D eigenvalue weighted by molar-refractivity contribution is 7.99. The molecule has 0 radical (unpaired) electrons. The first-order chi connectivity index (χ1) is 9.25. The van der Waals surface area contributed by atoms with Crippen molar-refractivity contribution in [1.29, 1.82) is 0 Å². The summed E-state index contributed by atoms with van der Waals surface area (Å²) in [6.45, 7) is 0.390. The van der Waals surface area contributed by atoms with Gasteiger partial charge in [-0.05, 0) is 18.8 Å². The Morgan fingerprint density at radius 1 is 1.58 bits per heavy atom. The lowest BCUT2D eigenvalue weighted by molar-refractivity contribution is -0.119. The van der Waals surface area contributed by atoms with E-state index < -0.39 is 0 Å². The maximum Gasteiger partial charge on any atom is 0.230 e. The summed E-state index contributed by atoms with van der Waals surface area (Å²) in [4.78, 5) is 15.8. The molecule has 1 heterocycles. The van der Waals surface area contributed by atoms with Gasteiger partial charge in [0.2, 0.25) is 5.91 Å². The van der Waals surface area contributed by atoms with Gasteiger partial charge in [-0.2, -0.15) is 0 Å². The molecule has 106 valence electrons. The lowest BCUT2D eigenvalue weighted by Gasteiger charge is -2.17. The summed E-state index contributed by atoms with van der Waals surface area (Å²) in [7, 11) is 0. The van der Waals surface area contributed by atoms with Gasteiger partial charge in [0.1, 0.15) is 0 Å². The summed E-state index contributed by atoms with van der Waals surface area (Å²) in [6, 6.07) is 0. The molecule has 1 aromatic heterocycles. The van der Waals surface area contributed by atoms with Gasteiger partial charge in [-0.1, -0.05) is 12.8 Å². The Morgan fingerprint density at radius 2 is 2.37 bits per heavy atom. The maximum atomic E-state index is 11.6. The largest absolute Gasteiger partial charge is 0.391 e. The second-order valence-corrected chi connectivity index (χ2v) is 6.59. The topological polar surface area (TPSA) is 62.2 Å².